The summed E-state index contributed by atoms with van der Waals surface area (Å²) in [5.41, 5.74) is 1.26. The van der Waals surface area contributed by atoms with Gasteiger partial charge in [-0.25, -0.2) is 0 Å². The van der Waals surface area contributed by atoms with Crippen molar-refractivity contribution in [3.05, 3.63) is 86.6 Å². The van der Waals surface area contributed by atoms with Gasteiger partial charge in [0.25, 0.3) is 17.5 Å². The van der Waals surface area contributed by atoms with Crippen molar-refractivity contribution in [3.8, 4) is 0 Å². The topological polar surface area (TPSA) is 101 Å². The Hall–Kier alpha value is -3.52. The second kappa shape index (κ2) is 7.58. The van der Waals surface area contributed by atoms with Crippen LogP contribution < -0.4 is 10.6 Å². The lowest BCUT2D eigenvalue weighted by Crippen LogP contribution is -2.13. The zero-order chi connectivity index (χ0) is 18.5. The number of hydrogen-bond acceptors (Lipinski definition) is 5. The van der Waals surface area contributed by atoms with Gasteiger partial charge < -0.3 is 10.6 Å². The maximum Gasteiger partial charge on any atom is 0.269 e. The lowest BCUT2D eigenvalue weighted by atomic mass is 10.2. The monoisotopic (exact) mass is 367 g/mol. The molecule has 0 saturated carbocycles. The minimum Gasteiger partial charge on any atom is -0.322 e. The van der Waals surface area contributed by atoms with Crippen LogP contribution in [0.25, 0.3) is 0 Å². The number of carbonyl (C=O) groups excluding carboxylic acids is 2. The molecule has 0 spiro atoms. The predicted octanol–water partition coefficient (Wildman–Crippen LogP) is 4.16. The Morgan fingerprint density at radius 1 is 0.885 bits per heavy atom. The number of benzene rings is 2. The van der Waals surface area contributed by atoms with Crippen molar-refractivity contribution in [2.75, 3.05) is 10.6 Å². The Morgan fingerprint density at radius 3 is 2.12 bits per heavy atom. The second-order valence-corrected chi connectivity index (χ2v) is 6.22. The molecule has 0 saturated heterocycles. The molecule has 0 bridgehead atoms. The second-order valence-electron chi connectivity index (χ2n) is 5.27. The van der Waals surface area contributed by atoms with Crippen molar-refractivity contribution in [2.45, 2.75) is 0 Å². The van der Waals surface area contributed by atoms with Crippen LogP contribution in [0.1, 0.15) is 20.0 Å². The summed E-state index contributed by atoms with van der Waals surface area (Å²) in [4.78, 5) is 35.0. The van der Waals surface area contributed by atoms with Crippen LogP contribution in [0.2, 0.25) is 0 Å². The average molecular weight is 367 g/mol. The van der Waals surface area contributed by atoms with Crippen molar-refractivity contribution < 1.29 is 14.5 Å². The third-order valence-corrected chi connectivity index (χ3v) is 4.33. The molecule has 0 fully saturated rings. The first kappa shape index (κ1) is 17.3. The number of nitro benzene ring substituents is 1. The predicted molar refractivity (Wildman–Crippen MR) is 99.8 cm³/mol. The Bertz CT molecular complexity index is 953. The largest absolute Gasteiger partial charge is 0.322 e. The van der Waals surface area contributed by atoms with Gasteiger partial charge in [0.05, 0.1) is 9.80 Å². The van der Waals surface area contributed by atoms with Gasteiger partial charge in [-0.15, -0.1) is 11.3 Å². The smallest absolute Gasteiger partial charge is 0.269 e. The average Bonchev–Trinajstić information content (AvgIpc) is 3.17. The van der Waals surface area contributed by atoms with Crippen molar-refractivity contribution in [1.82, 2.24) is 0 Å². The fourth-order valence-electron chi connectivity index (χ4n) is 2.21. The molecule has 1 aromatic heterocycles. The first-order valence-electron chi connectivity index (χ1n) is 7.53. The SMILES string of the molecule is O=C(Nc1cccc(NC(=O)c2cccs2)c1)c1ccc([N+](=O)[O-])cc1. The molecule has 130 valence electrons. The summed E-state index contributed by atoms with van der Waals surface area (Å²) in [6.07, 6.45) is 0. The van der Waals surface area contributed by atoms with Gasteiger partial charge in [-0.2, -0.15) is 0 Å². The summed E-state index contributed by atoms with van der Waals surface area (Å²) in [6.45, 7) is 0. The molecule has 3 aromatic rings. The number of rotatable bonds is 5. The zero-order valence-corrected chi connectivity index (χ0v) is 14.2. The van der Waals surface area contributed by atoms with E-state index in [1.165, 1.54) is 35.6 Å². The van der Waals surface area contributed by atoms with Gasteiger partial charge in [-0.05, 0) is 41.8 Å². The molecule has 1 heterocycles. The fraction of sp³-hybridized carbons (Fsp3) is 0. The molecule has 2 aromatic carbocycles. The molecular weight excluding hydrogens is 354 g/mol. The summed E-state index contributed by atoms with van der Waals surface area (Å²) < 4.78 is 0. The molecule has 2 amide bonds. The van der Waals surface area contributed by atoms with Gasteiger partial charge in [0, 0.05) is 29.1 Å². The Balaban J connectivity index is 1.69. The molecule has 0 radical (unpaired) electrons. The number of hydrogen-bond donors (Lipinski definition) is 2. The maximum absolute atomic E-state index is 12.2. The van der Waals surface area contributed by atoms with Crippen LogP contribution in [0.3, 0.4) is 0 Å². The molecule has 26 heavy (non-hydrogen) atoms. The normalized spacial score (nSPS) is 10.2. The van der Waals surface area contributed by atoms with Crippen LogP contribution in [-0.4, -0.2) is 16.7 Å². The number of nitrogens with one attached hydrogen (secondary N) is 2. The summed E-state index contributed by atoms with van der Waals surface area (Å²) in [6, 6.07) is 15.6. The van der Waals surface area contributed by atoms with Crippen LogP contribution in [0, 0.1) is 10.1 Å². The number of nitrogens with zero attached hydrogens (tertiary/aromatic N) is 1. The summed E-state index contributed by atoms with van der Waals surface area (Å²) in [5, 5.41) is 17.9. The van der Waals surface area contributed by atoms with Crippen LogP contribution in [0.4, 0.5) is 17.1 Å². The maximum atomic E-state index is 12.2. The number of thiophene rings is 1. The molecule has 2 N–H and O–H groups in total. The summed E-state index contributed by atoms with van der Waals surface area (Å²) in [7, 11) is 0. The van der Waals surface area contributed by atoms with E-state index in [0.29, 0.717) is 21.8 Å². The number of anilines is 2. The number of nitro groups is 1. The van der Waals surface area contributed by atoms with E-state index in [2.05, 4.69) is 10.6 Å². The first-order chi connectivity index (χ1) is 12.5. The van der Waals surface area contributed by atoms with E-state index < -0.39 is 10.8 Å². The zero-order valence-electron chi connectivity index (χ0n) is 13.3. The van der Waals surface area contributed by atoms with Crippen molar-refractivity contribution in [1.29, 1.82) is 0 Å². The first-order valence-corrected chi connectivity index (χ1v) is 8.41. The summed E-state index contributed by atoms with van der Waals surface area (Å²) >= 11 is 1.34. The third-order valence-electron chi connectivity index (χ3n) is 3.46. The fourth-order valence-corrected chi connectivity index (χ4v) is 2.83. The van der Waals surface area contributed by atoms with Crippen LogP contribution in [0.15, 0.2) is 66.0 Å². The van der Waals surface area contributed by atoms with E-state index >= 15 is 0 Å². The molecule has 3 rings (SSSR count). The molecule has 7 nitrogen and oxygen atoms in total. The summed E-state index contributed by atoms with van der Waals surface area (Å²) in [5.74, 6) is -0.625. The van der Waals surface area contributed by atoms with E-state index in [0.717, 1.165) is 0 Å². The quantitative estimate of drug-likeness (QED) is 0.522. The van der Waals surface area contributed by atoms with E-state index in [4.69, 9.17) is 0 Å². The van der Waals surface area contributed by atoms with E-state index in [1.54, 1.807) is 36.4 Å². The van der Waals surface area contributed by atoms with Crippen LogP contribution in [0.5, 0.6) is 0 Å². The highest BCUT2D eigenvalue weighted by molar-refractivity contribution is 7.12. The minimum atomic E-state index is -0.526. The van der Waals surface area contributed by atoms with E-state index in [-0.39, 0.29) is 11.6 Å². The van der Waals surface area contributed by atoms with Gasteiger partial charge in [-0.3, -0.25) is 19.7 Å². The molecule has 0 unspecified atom stereocenters. The Morgan fingerprint density at radius 2 is 1.54 bits per heavy atom. The van der Waals surface area contributed by atoms with Gasteiger partial charge in [0.2, 0.25) is 0 Å². The molecule has 0 aliphatic carbocycles. The highest BCUT2D eigenvalue weighted by atomic mass is 32.1. The highest BCUT2D eigenvalue weighted by Gasteiger charge is 2.11. The van der Waals surface area contributed by atoms with Crippen molar-refractivity contribution in [2.24, 2.45) is 0 Å². The van der Waals surface area contributed by atoms with Crippen LogP contribution in [-0.2, 0) is 0 Å². The highest BCUT2D eigenvalue weighted by Crippen LogP contribution is 2.19. The molecular formula is C18H13N3O4S. The molecule has 0 aliphatic heterocycles. The molecule has 0 atom stereocenters. The standard InChI is InChI=1S/C18H13N3O4S/c22-17(12-6-8-15(9-7-12)21(24)25)19-13-3-1-4-14(11-13)20-18(23)16-5-2-10-26-16/h1-11H,(H,19,22)(H,20,23). The lowest BCUT2D eigenvalue weighted by molar-refractivity contribution is -0.384. The molecule has 0 aliphatic rings. The van der Waals surface area contributed by atoms with Gasteiger partial charge in [0.15, 0.2) is 0 Å². The van der Waals surface area contributed by atoms with Gasteiger partial charge >= 0.3 is 0 Å². The van der Waals surface area contributed by atoms with Crippen molar-refractivity contribution >= 4 is 40.2 Å². The number of carbonyl (C=O) groups is 2. The Kier molecular flexibility index (Phi) is 5.04. The van der Waals surface area contributed by atoms with E-state index in [9.17, 15) is 19.7 Å². The minimum absolute atomic E-state index is 0.0835. The lowest BCUT2D eigenvalue weighted by Gasteiger charge is -2.08. The number of amides is 2. The molecule has 8 heteroatoms. The van der Waals surface area contributed by atoms with E-state index in [1.807, 2.05) is 5.38 Å². The van der Waals surface area contributed by atoms with Gasteiger partial charge in [0.1, 0.15) is 0 Å². The van der Waals surface area contributed by atoms with Crippen LogP contribution >= 0.6 is 11.3 Å². The Labute approximate surface area is 152 Å². The number of non-ortho nitro benzene ring substituents is 1. The third kappa shape index (κ3) is 4.11. The van der Waals surface area contributed by atoms with Crippen molar-refractivity contribution in [3.63, 3.8) is 0 Å². The van der Waals surface area contributed by atoms with Gasteiger partial charge in [-0.1, -0.05) is 12.1 Å².